The van der Waals surface area contributed by atoms with E-state index in [9.17, 15) is 4.39 Å². The molecule has 0 aliphatic heterocycles. The largest absolute Gasteiger partial charge is 0.356 e. The minimum absolute atomic E-state index is 0. The van der Waals surface area contributed by atoms with Gasteiger partial charge in [0.15, 0.2) is 5.96 Å². The van der Waals surface area contributed by atoms with Gasteiger partial charge in [-0.25, -0.2) is 4.39 Å². The predicted octanol–water partition coefficient (Wildman–Crippen LogP) is 3.89. The summed E-state index contributed by atoms with van der Waals surface area (Å²) in [5.41, 5.74) is 0. The second kappa shape index (κ2) is 12.1. The number of hydrogen-bond donors (Lipinski definition) is 2. The molecule has 1 atom stereocenters. The highest BCUT2D eigenvalue weighted by Crippen LogP contribution is 2.18. The minimum Gasteiger partial charge on any atom is -0.356 e. The van der Waals surface area contributed by atoms with Crippen LogP contribution >= 0.6 is 35.7 Å². The smallest absolute Gasteiger partial charge is 0.191 e. The van der Waals surface area contributed by atoms with Gasteiger partial charge in [-0.2, -0.15) is 0 Å². The quantitative estimate of drug-likeness (QED) is 0.229. The van der Waals surface area contributed by atoms with Gasteiger partial charge in [0.25, 0.3) is 0 Å². The van der Waals surface area contributed by atoms with Crippen LogP contribution in [0.5, 0.6) is 0 Å². The van der Waals surface area contributed by atoms with Crippen LogP contribution < -0.4 is 10.6 Å². The monoisotopic (exact) mass is 425 g/mol. The molecule has 2 N–H and O–H groups in total. The van der Waals surface area contributed by atoms with Crippen LogP contribution in [0, 0.1) is 5.82 Å². The van der Waals surface area contributed by atoms with Gasteiger partial charge < -0.3 is 10.6 Å². The zero-order valence-corrected chi connectivity index (χ0v) is 16.0. The molecule has 0 heterocycles. The van der Waals surface area contributed by atoms with Gasteiger partial charge in [-0.15, -0.1) is 35.7 Å². The maximum atomic E-state index is 12.8. The highest BCUT2D eigenvalue weighted by atomic mass is 127. The molecule has 120 valence electrons. The molecule has 0 aliphatic rings. The molecule has 0 bridgehead atoms. The average Bonchev–Trinajstić information content (AvgIpc) is 2.47. The summed E-state index contributed by atoms with van der Waals surface area (Å²) in [6.07, 6.45) is 2.10. The van der Waals surface area contributed by atoms with Crippen molar-refractivity contribution in [2.75, 3.05) is 19.3 Å². The summed E-state index contributed by atoms with van der Waals surface area (Å²) < 4.78 is 12.8. The van der Waals surface area contributed by atoms with Gasteiger partial charge in [0.1, 0.15) is 5.82 Å². The van der Waals surface area contributed by atoms with Gasteiger partial charge in [-0.3, -0.25) is 4.99 Å². The fourth-order valence-electron chi connectivity index (χ4n) is 1.53. The number of benzene rings is 1. The number of aliphatic imine (C=N–C) groups is 1. The van der Waals surface area contributed by atoms with E-state index in [1.165, 1.54) is 12.1 Å². The maximum Gasteiger partial charge on any atom is 0.191 e. The third kappa shape index (κ3) is 9.18. The molecule has 0 radical (unpaired) electrons. The van der Waals surface area contributed by atoms with Gasteiger partial charge in [-0.1, -0.05) is 6.92 Å². The Morgan fingerprint density at radius 1 is 1.33 bits per heavy atom. The molecule has 21 heavy (non-hydrogen) atoms. The predicted molar refractivity (Wildman–Crippen MR) is 101 cm³/mol. The number of thioether (sulfide) groups is 1. The number of hydrogen-bond acceptors (Lipinski definition) is 2. The fraction of sp³-hybridized carbons (Fsp3) is 0.533. The van der Waals surface area contributed by atoms with Crippen molar-refractivity contribution in [3.63, 3.8) is 0 Å². The summed E-state index contributed by atoms with van der Waals surface area (Å²) in [7, 11) is 1.78. The van der Waals surface area contributed by atoms with Gasteiger partial charge >= 0.3 is 0 Å². The molecule has 0 saturated heterocycles. The Hall–Kier alpha value is -0.500. The third-order valence-corrected chi connectivity index (χ3v) is 4.01. The first-order chi connectivity index (χ1) is 9.65. The number of nitrogens with zero attached hydrogens (tertiary/aromatic N) is 1. The second-order valence-electron chi connectivity index (χ2n) is 4.61. The number of nitrogens with one attached hydrogen (secondary N) is 2. The summed E-state index contributed by atoms with van der Waals surface area (Å²) in [4.78, 5) is 5.29. The maximum absolute atomic E-state index is 12.8. The lowest BCUT2D eigenvalue weighted by Gasteiger charge is -2.16. The first-order valence-corrected chi connectivity index (χ1v) is 7.99. The van der Waals surface area contributed by atoms with E-state index in [1.54, 1.807) is 18.8 Å². The summed E-state index contributed by atoms with van der Waals surface area (Å²) in [6.45, 7) is 5.16. The molecule has 3 nitrogen and oxygen atoms in total. The minimum atomic E-state index is -0.184. The lowest BCUT2D eigenvalue weighted by molar-refractivity contribution is 0.623. The van der Waals surface area contributed by atoms with Crippen LogP contribution in [0.4, 0.5) is 4.39 Å². The van der Waals surface area contributed by atoms with E-state index in [0.717, 1.165) is 36.0 Å². The van der Waals surface area contributed by atoms with Crippen LogP contribution in [0.1, 0.15) is 26.7 Å². The first kappa shape index (κ1) is 20.5. The molecule has 1 aromatic rings. The molecule has 6 heteroatoms. The van der Waals surface area contributed by atoms with E-state index < -0.39 is 0 Å². The van der Waals surface area contributed by atoms with Gasteiger partial charge in [0.05, 0.1) is 0 Å². The Morgan fingerprint density at radius 2 is 2.00 bits per heavy atom. The van der Waals surface area contributed by atoms with E-state index in [2.05, 4.69) is 29.5 Å². The van der Waals surface area contributed by atoms with Crippen LogP contribution in [0.15, 0.2) is 34.2 Å². The standard InChI is InChI=1S/C15H24FN3S.HI/c1-4-12(2)19-15(17-3)18-10-5-11-20-14-8-6-13(16)7-9-14;/h6-9,12H,4-5,10-11H2,1-3H3,(H2,17,18,19);1H. The van der Waals surface area contributed by atoms with Crippen molar-refractivity contribution >= 4 is 41.7 Å². The topological polar surface area (TPSA) is 36.4 Å². The molecule has 0 amide bonds. The number of rotatable bonds is 7. The van der Waals surface area contributed by atoms with E-state index in [-0.39, 0.29) is 29.8 Å². The Bertz CT molecular complexity index is 412. The van der Waals surface area contributed by atoms with E-state index >= 15 is 0 Å². The fourth-order valence-corrected chi connectivity index (χ4v) is 2.38. The Kier molecular flexibility index (Phi) is 11.8. The average molecular weight is 425 g/mol. The van der Waals surface area contributed by atoms with Crippen molar-refractivity contribution in [1.82, 2.24) is 10.6 Å². The van der Waals surface area contributed by atoms with Crippen LogP contribution in [0.3, 0.4) is 0 Å². The zero-order chi connectivity index (χ0) is 14.8. The van der Waals surface area contributed by atoms with Crippen molar-refractivity contribution in [1.29, 1.82) is 0 Å². The molecule has 0 aliphatic carbocycles. The van der Waals surface area contributed by atoms with Crippen molar-refractivity contribution in [3.8, 4) is 0 Å². The molecule has 0 aromatic heterocycles. The van der Waals surface area contributed by atoms with Crippen molar-refractivity contribution in [3.05, 3.63) is 30.1 Å². The lowest BCUT2D eigenvalue weighted by atomic mass is 10.3. The van der Waals surface area contributed by atoms with Gasteiger partial charge in [-0.05, 0) is 49.8 Å². The van der Waals surface area contributed by atoms with Crippen molar-refractivity contribution in [2.24, 2.45) is 4.99 Å². The SMILES string of the molecule is CCC(C)NC(=NC)NCCCSc1ccc(F)cc1.I. The van der Waals surface area contributed by atoms with E-state index in [0.29, 0.717) is 6.04 Å². The molecular weight excluding hydrogens is 400 g/mol. The summed E-state index contributed by atoms with van der Waals surface area (Å²) >= 11 is 1.74. The Labute approximate surface area is 148 Å². The molecular formula is C15H25FIN3S. The lowest BCUT2D eigenvalue weighted by Crippen LogP contribution is -2.42. The zero-order valence-electron chi connectivity index (χ0n) is 12.9. The summed E-state index contributed by atoms with van der Waals surface area (Å²) in [5.74, 6) is 1.67. The van der Waals surface area contributed by atoms with Crippen molar-refractivity contribution in [2.45, 2.75) is 37.6 Å². The van der Waals surface area contributed by atoms with Gasteiger partial charge in [0, 0.05) is 24.5 Å². The van der Waals surface area contributed by atoms with E-state index in [1.807, 2.05) is 12.1 Å². The highest BCUT2D eigenvalue weighted by Gasteiger charge is 2.02. The van der Waals surface area contributed by atoms with Crippen LogP contribution in [0.2, 0.25) is 0 Å². The first-order valence-electron chi connectivity index (χ1n) is 7.01. The Balaban J connectivity index is 0.00000400. The van der Waals surface area contributed by atoms with Gasteiger partial charge in [0.2, 0.25) is 0 Å². The molecule has 0 saturated carbocycles. The number of halogens is 2. The van der Waals surface area contributed by atoms with Crippen LogP contribution in [-0.2, 0) is 0 Å². The third-order valence-electron chi connectivity index (χ3n) is 2.92. The normalized spacial score (nSPS) is 12.5. The van der Waals surface area contributed by atoms with Crippen LogP contribution in [0.25, 0.3) is 0 Å². The molecule has 1 unspecified atom stereocenters. The molecule has 0 fully saturated rings. The highest BCUT2D eigenvalue weighted by molar-refractivity contribution is 14.0. The molecule has 1 rings (SSSR count). The number of guanidine groups is 1. The van der Waals surface area contributed by atoms with Crippen molar-refractivity contribution < 1.29 is 4.39 Å². The summed E-state index contributed by atoms with van der Waals surface area (Å²) in [6, 6.07) is 7.06. The summed E-state index contributed by atoms with van der Waals surface area (Å²) in [5, 5.41) is 6.62. The van der Waals surface area contributed by atoms with E-state index in [4.69, 9.17) is 0 Å². The molecule has 0 spiro atoms. The second-order valence-corrected chi connectivity index (χ2v) is 5.78. The van der Waals surface area contributed by atoms with Crippen LogP contribution in [-0.4, -0.2) is 31.3 Å². The molecule has 1 aromatic carbocycles. The Morgan fingerprint density at radius 3 is 2.57 bits per heavy atom.